The minimum atomic E-state index is -0.709. The number of carbonyl (C=O) groups is 3. The van der Waals surface area contributed by atoms with Gasteiger partial charge in [0.15, 0.2) is 0 Å². The molecular weight excluding hydrogens is 256 g/mol. The summed E-state index contributed by atoms with van der Waals surface area (Å²) in [6.45, 7) is 5.80. The molecule has 1 atom stereocenters. The third kappa shape index (κ3) is 4.62. The highest BCUT2D eigenvalue weighted by Crippen LogP contribution is 2.22. The molecule has 1 saturated carbocycles. The van der Waals surface area contributed by atoms with E-state index in [-0.39, 0.29) is 6.04 Å². The molecule has 2 amide bonds. The molecule has 20 heavy (non-hydrogen) atoms. The van der Waals surface area contributed by atoms with Gasteiger partial charge < -0.3 is 10.2 Å². The number of hydrogen-bond donors (Lipinski definition) is 1. The van der Waals surface area contributed by atoms with Crippen LogP contribution < -0.4 is 5.32 Å². The van der Waals surface area contributed by atoms with Crippen LogP contribution in [0.2, 0.25) is 0 Å². The Balaban J connectivity index is 2.45. The first-order chi connectivity index (χ1) is 9.47. The zero-order chi connectivity index (χ0) is 15.1. The second-order valence-corrected chi connectivity index (χ2v) is 5.90. The maximum Gasteiger partial charge on any atom is 0.289 e. The summed E-state index contributed by atoms with van der Waals surface area (Å²) >= 11 is 0. The highest BCUT2D eigenvalue weighted by Gasteiger charge is 2.28. The Hall–Kier alpha value is -1.39. The summed E-state index contributed by atoms with van der Waals surface area (Å²) < 4.78 is 0. The van der Waals surface area contributed by atoms with Crippen LogP contribution in [0, 0.1) is 5.92 Å². The molecule has 1 fully saturated rings. The van der Waals surface area contributed by atoms with Crippen molar-refractivity contribution in [1.82, 2.24) is 10.2 Å². The van der Waals surface area contributed by atoms with Gasteiger partial charge in [-0.2, -0.15) is 0 Å². The van der Waals surface area contributed by atoms with E-state index in [1.165, 1.54) is 24.2 Å². The number of nitrogens with one attached hydrogen (secondary N) is 1. The molecule has 1 aliphatic carbocycles. The zero-order valence-electron chi connectivity index (χ0n) is 12.7. The van der Waals surface area contributed by atoms with Crippen molar-refractivity contribution in [1.29, 1.82) is 0 Å². The van der Waals surface area contributed by atoms with Gasteiger partial charge >= 0.3 is 0 Å². The molecule has 5 nitrogen and oxygen atoms in total. The molecule has 0 aliphatic heterocycles. The van der Waals surface area contributed by atoms with E-state index in [1.54, 1.807) is 6.92 Å². The van der Waals surface area contributed by atoms with E-state index < -0.39 is 17.7 Å². The minimum absolute atomic E-state index is 0.0994. The Labute approximate surface area is 121 Å². The average molecular weight is 282 g/mol. The summed E-state index contributed by atoms with van der Waals surface area (Å²) in [4.78, 5) is 36.2. The van der Waals surface area contributed by atoms with Crippen LogP contribution >= 0.6 is 0 Å². The Morgan fingerprint density at radius 2 is 1.80 bits per heavy atom. The molecule has 1 rings (SSSR count). The third-order valence-corrected chi connectivity index (χ3v) is 4.04. The topological polar surface area (TPSA) is 66.5 Å². The van der Waals surface area contributed by atoms with E-state index in [1.807, 2.05) is 13.8 Å². The largest absolute Gasteiger partial charge is 0.349 e. The van der Waals surface area contributed by atoms with Crippen molar-refractivity contribution in [2.45, 2.75) is 65.0 Å². The minimum Gasteiger partial charge on any atom is -0.349 e. The normalized spacial score (nSPS) is 17.6. The summed E-state index contributed by atoms with van der Waals surface area (Å²) in [7, 11) is 0. The monoisotopic (exact) mass is 282 g/mol. The molecule has 0 aromatic rings. The Bertz CT molecular complexity index is 349. The average Bonchev–Trinajstić information content (AvgIpc) is 2.45. The first-order valence-corrected chi connectivity index (χ1v) is 7.52. The van der Waals surface area contributed by atoms with Crippen LogP contribution in [0.3, 0.4) is 0 Å². The van der Waals surface area contributed by atoms with Gasteiger partial charge in [-0.3, -0.25) is 14.4 Å². The fourth-order valence-corrected chi connectivity index (χ4v) is 2.70. The van der Waals surface area contributed by atoms with Crippen molar-refractivity contribution >= 4 is 18.1 Å². The Morgan fingerprint density at radius 1 is 1.20 bits per heavy atom. The van der Waals surface area contributed by atoms with Gasteiger partial charge in [-0.1, -0.05) is 19.3 Å². The van der Waals surface area contributed by atoms with Crippen molar-refractivity contribution in [3.8, 4) is 0 Å². The molecule has 0 aromatic carbocycles. The lowest BCUT2D eigenvalue weighted by Crippen LogP contribution is -2.48. The van der Waals surface area contributed by atoms with Crippen molar-refractivity contribution in [3.05, 3.63) is 0 Å². The third-order valence-electron chi connectivity index (χ3n) is 4.04. The number of hydrogen-bond acceptors (Lipinski definition) is 3. The highest BCUT2D eigenvalue weighted by atomic mass is 16.2. The van der Waals surface area contributed by atoms with Crippen molar-refractivity contribution < 1.29 is 14.4 Å². The zero-order valence-corrected chi connectivity index (χ0v) is 12.7. The van der Waals surface area contributed by atoms with Gasteiger partial charge in [0.25, 0.3) is 5.91 Å². The molecule has 114 valence electrons. The molecule has 0 bridgehead atoms. The van der Waals surface area contributed by atoms with Crippen LogP contribution in [0.1, 0.15) is 52.9 Å². The van der Waals surface area contributed by atoms with Crippen LogP contribution in [0.15, 0.2) is 0 Å². The lowest BCUT2D eigenvalue weighted by Gasteiger charge is -2.27. The lowest BCUT2D eigenvalue weighted by molar-refractivity contribution is -0.143. The fourth-order valence-electron chi connectivity index (χ4n) is 2.70. The van der Waals surface area contributed by atoms with Crippen LogP contribution in [0.4, 0.5) is 0 Å². The molecule has 1 N–H and O–H groups in total. The van der Waals surface area contributed by atoms with Crippen molar-refractivity contribution in [3.63, 3.8) is 0 Å². The lowest BCUT2D eigenvalue weighted by atomic mass is 9.89. The predicted octanol–water partition coefficient (Wildman–Crippen LogP) is 1.51. The van der Waals surface area contributed by atoms with E-state index >= 15 is 0 Å². The van der Waals surface area contributed by atoms with Gasteiger partial charge in [0.1, 0.15) is 0 Å². The fraction of sp³-hybridized carbons (Fsp3) is 0.800. The smallest absolute Gasteiger partial charge is 0.289 e. The summed E-state index contributed by atoms with van der Waals surface area (Å²) in [5.74, 6) is -0.625. The highest BCUT2D eigenvalue weighted by molar-refractivity contribution is 6.38. The van der Waals surface area contributed by atoms with E-state index in [4.69, 9.17) is 0 Å². The predicted molar refractivity (Wildman–Crippen MR) is 77.1 cm³/mol. The quantitative estimate of drug-likeness (QED) is 0.568. The number of Topliss-reactive ketones (excluding diaryl/α,β-unsaturated/α-hetero) is 1. The first kappa shape index (κ1) is 16.7. The van der Waals surface area contributed by atoms with Crippen LogP contribution in [-0.4, -0.2) is 41.6 Å². The molecule has 0 heterocycles. The number of amides is 2. The van der Waals surface area contributed by atoms with Crippen molar-refractivity contribution in [2.75, 3.05) is 6.54 Å². The summed E-state index contributed by atoms with van der Waals surface area (Å²) in [5.41, 5.74) is 0. The molecule has 0 saturated heterocycles. The van der Waals surface area contributed by atoms with Gasteiger partial charge in [-0.25, -0.2) is 0 Å². The molecular formula is C15H26N2O3. The van der Waals surface area contributed by atoms with E-state index in [9.17, 15) is 14.4 Å². The summed E-state index contributed by atoms with van der Waals surface area (Å²) in [5, 5.41) is 2.72. The van der Waals surface area contributed by atoms with Crippen LogP contribution in [-0.2, 0) is 14.4 Å². The van der Waals surface area contributed by atoms with Gasteiger partial charge in [0, 0.05) is 12.6 Å². The number of ketones is 1. The van der Waals surface area contributed by atoms with Crippen LogP contribution in [0.5, 0.6) is 0 Å². The second kappa shape index (κ2) is 8.02. The van der Waals surface area contributed by atoms with Gasteiger partial charge in [-0.05, 0) is 39.5 Å². The molecule has 1 aliphatic rings. The Morgan fingerprint density at radius 3 is 2.30 bits per heavy atom. The van der Waals surface area contributed by atoms with Crippen molar-refractivity contribution in [2.24, 2.45) is 5.92 Å². The molecule has 0 aromatic heterocycles. The molecule has 1 unspecified atom stereocenters. The van der Waals surface area contributed by atoms with Crippen LogP contribution in [0.25, 0.3) is 0 Å². The van der Waals surface area contributed by atoms with Gasteiger partial charge in [0.05, 0.1) is 6.04 Å². The molecule has 5 heteroatoms. The number of nitrogens with zero attached hydrogens (tertiary/aromatic N) is 1. The second-order valence-electron chi connectivity index (χ2n) is 5.90. The Kier molecular flexibility index (Phi) is 6.68. The summed E-state index contributed by atoms with van der Waals surface area (Å²) in [6, 6.07) is -0.809. The van der Waals surface area contributed by atoms with E-state index in [0.29, 0.717) is 18.9 Å². The van der Waals surface area contributed by atoms with Gasteiger partial charge in [-0.15, -0.1) is 0 Å². The van der Waals surface area contributed by atoms with Gasteiger partial charge in [0.2, 0.25) is 12.2 Å². The molecule has 0 radical (unpaired) electrons. The standard InChI is InChI=1S/C15H26N2O3/c1-11(2)17(10-18)12(3)14(19)15(20)16-9-13-7-5-4-6-8-13/h10-13H,4-9H2,1-3H3,(H,16,20). The SMILES string of the molecule is CC(C)N(C=O)C(C)C(=O)C(=O)NCC1CCCCC1. The van der Waals surface area contributed by atoms with E-state index in [2.05, 4.69) is 5.32 Å². The first-order valence-electron chi connectivity index (χ1n) is 7.52. The maximum atomic E-state index is 12.0. The number of rotatable bonds is 7. The summed E-state index contributed by atoms with van der Waals surface area (Å²) in [6.07, 6.45) is 6.55. The number of carbonyl (C=O) groups excluding carboxylic acids is 3. The maximum absolute atomic E-state index is 12.0. The molecule has 0 spiro atoms. The van der Waals surface area contributed by atoms with E-state index in [0.717, 1.165) is 12.8 Å².